The van der Waals surface area contributed by atoms with Gasteiger partial charge in [-0.3, -0.25) is 14.6 Å². The molecule has 1 aromatic heterocycles. The zero-order valence-corrected chi connectivity index (χ0v) is 20.8. The summed E-state index contributed by atoms with van der Waals surface area (Å²) in [4.78, 5) is 42.6. The van der Waals surface area contributed by atoms with Gasteiger partial charge in [-0.2, -0.15) is 0 Å². The highest BCUT2D eigenvalue weighted by Crippen LogP contribution is 2.39. The van der Waals surface area contributed by atoms with Crippen molar-refractivity contribution in [3.05, 3.63) is 39.4 Å². The van der Waals surface area contributed by atoms with Crippen molar-refractivity contribution in [3.8, 4) is 0 Å². The van der Waals surface area contributed by atoms with Crippen molar-refractivity contribution in [1.82, 2.24) is 4.57 Å². The number of carbonyl (C=O) groups is 2. The minimum atomic E-state index is -1.33. The lowest BCUT2D eigenvalue weighted by Crippen LogP contribution is -2.42. The molecule has 1 unspecified atom stereocenters. The second kappa shape index (κ2) is 10.8. The zero-order chi connectivity index (χ0) is 26.9. The number of piperidine rings is 1. The summed E-state index contributed by atoms with van der Waals surface area (Å²) in [5.41, 5.74) is 17.2. The number of aromatic nitrogens is 1. The highest BCUT2D eigenvalue weighted by Gasteiger charge is 2.31. The Kier molecular flexibility index (Phi) is 7.67. The smallest absolute Gasteiger partial charge is 0.341 e. The number of guanidine groups is 1. The molecule has 200 valence electrons. The van der Waals surface area contributed by atoms with Gasteiger partial charge in [0.1, 0.15) is 23.5 Å². The van der Waals surface area contributed by atoms with E-state index in [1.54, 1.807) is 4.57 Å². The Bertz CT molecular complexity index is 1300. The van der Waals surface area contributed by atoms with Gasteiger partial charge >= 0.3 is 11.9 Å². The lowest BCUT2D eigenvalue weighted by Gasteiger charge is -2.37. The third-order valence-electron chi connectivity index (χ3n) is 7.17. The Hall–Kier alpha value is -3.67. The number of ether oxygens (including phenoxy) is 1. The number of nitrogens with zero attached hydrogens (tertiary/aromatic N) is 3. The lowest BCUT2D eigenvalue weighted by atomic mass is 9.93. The summed E-state index contributed by atoms with van der Waals surface area (Å²) < 4.78 is 22.8. The van der Waals surface area contributed by atoms with E-state index in [4.69, 9.17) is 21.9 Å². The molecule has 12 heteroatoms. The highest BCUT2D eigenvalue weighted by molar-refractivity contribution is 5.95. The number of carboxylic acid groups (broad SMARTS) is 1. The van der Waals surface area contributed by atoms with Crippen LogP contribution in [-0.2, 0) is 16.0 Å². The van der Waals surface area contributed by atoms with E-state index in [-0.39, 0.29) is 29.1 Å². The maximum Gasteiger partial charge on any atom is 0.341 e. The number of rotatable bonds is 8. The van der Waals surface area contributed by atoms with E-state index in [9.17, 15) is 19.5 Å². The predicted molar refractivity (Wildman–Crippen MR) is 137 cm³/mol. The standard InChI is InChI=1S/C25H33FN6O5/c1-13-4-5-15-20-16(22(33)17(23(34)35)12-32(13)20)11-18(26)21(15)31-9-6-14(7-10-31)37-24(36)19(27)3-2-8-30-25(28)29/h11-14,19H,2-10,27H2,1H3,(H,34,35)(H4,28,29,30)/t13?,19-/m0/s1. The molecule has 0 bridgehead atoms. The summed E-state index contributed by atoms with van der Waals surface area (Å²) in [7, 11) is 0. The van der Waals surface area contributed by atoms with Crippen molar-refractivity contribution in [2.45, 2.75) is 63.6 Å². The molecule has 1 fully saturated rings. The molecule has 3 heterocycles. The fraction of sp³-hybridized carbons (Fsp3) is 0.520. The van der Waals surface area contributed by atoms with E-state index in [2.05, 4.69) is 4.99 Å². The van der Waals surface area contributed by atoms with E-state index >= 15 is 4.39 Å². The van der Waals surface area contributed by atoms with Crippen molar-refractivity contribution in [3.63, 3.8) is 0 Å². The predicted octanol–water partition coefficient (Wildman–Crippen LogP) is 1.24. The van der Waals surface area contributed by atoms with Crippen LogP contribution in [0.3, 0.4) is 0 Å². The first-order chi connectivity index (χ1) is 17.6. The third kappa shape index (κ3) is 5.38. The van der Waals surface area contributed by atoms with Crippen LogP contribution in [0.25, 0.3) is 10.9 Å². The van der Waals surface area contributed by atoms with Gasteiger partial charge in [0, 0.05) is 55.7 Å². The number of anilines is 1. The average molecular weight is 517 g/mol. The van der Waals surface area contributed by atoms with Gasteiger partial charge in [0.05, 0.1) is 11.2 Å². The van der Waals surface area contributed by atoms with Gasteiger partial charge in [0.15, 0.2) is 5.96 Å². The van der Waals surface area contributed by atoms with Crippen molar-refractivity contribution in [2.75, 3.05) is 24.5 Å². The van der Waals surface area contributed by atoms with Gasteiger partial charge < -0.3 is 36.5 Å². The molecule has 0 spiro atoms. The van der Waals surface area contributed by atoms with E-state index in [1.165, 1.54) is 6.20 Å². The molecule has 2 aliphatic heterocycles. The number of aliphatic imine (C=N–C) groups is 1. The summed E-state index contributed by atoms with van der Waals surface area (Å²) in [5.74, 6) is -2.38. The molecular formula is C25H33FN6O5. The Morgan fingerprint density at radius 2 is 1.97 bits per heavy atom. The number of benzene rings is 1. The van der Waals surface area contributed by atoms with Crippen LogP contribution >= 0.6 is 0 Å². The summed E-state index contributed by atoms with van der Waals surface area (Å²) >= 11 is 0. The number of carboxylic acids is 1. The van der Waals surface area contributed by atoms with Crippen molar-refractivity contribution in [2.24, 2.45) is 22.2 Å². The van der Waals surface area contributed by atoms with Crippen molar-refractivity contribution < 1.29 is 23.8 Å². The topological polar surface area (TPSA) is 179 Å². The molecule has 0 radical (unpaired) electrons. The second-order valence-electron chi connectivity index (χ2n) is 9.73. The van der Waals surface area contributed by atoms with Gasteiger partial charge in [-0.15, -0.1) is 0 Å². The summed E-state index contributed by atoms with van der Waals surface area (Å²) in [6, 6.07) is 0.357. The molecule has 11 nitrogen and oxygen atoms in total. The van der Waals surface area contributed by atoms with Crippen LogP contribution in [0.1, 0.15) is 61.0 Å². The fourth-order valence-electron chi connectivity index (χ4n) is 5.21. The third-order valence-corrected chi connectivity index (χ3v) is 7.17. The van der Waals surface area contributed by atoms with Gasteiger partial charge in [-0.25, -0.2) is 9.18 Å². The number of halogens is 1. The molecule has 1 saturated heterocycles. The summed E-state index contributed by atoms with van der Waals surface area (Å²) in [6.45, 7) is 3.25. The molecule has 4 rings (SSSR count). The number of hydrogen-bond acceptors (Lipinski definition) is 7. The van der Waals surface area contributed by atoms with Crippen LogP contribution in [0.4, 0.5) is 10.1 Å². The lowest BCUT2D eigenvalue weighted by molar-refractivity contribution is -0.151. The van der Waals surface area contributed by atoms with Gasteiger partial charge in [0.2, 0.25) is 5.43 Å². The first-order valence-corrected chi connectivity index (χ1v) is 12.5. The minimum absolute atomic E-state index is 0.0114. The van der Waals surface area contributed by atoms with Crippen LogP contribution in [0.15, 0.2) is 22.1 Å². The highest BCUT2D eigenvalue weighted by atomic mass is 19.1. The molecule has 7 N–H and O–H groups in total. The second-order valence-corrected chi connectivity index (χ2v) is 9.73. The molecule has 37 heavy (non-hydrogen) atoms. The van der Waals surface area contributed by atoms with Crippen LogP contribution in [-0.4, -0.2) is 59.4 Å². The Labute approximate surface area is 213 Å². The average Bonchev–Trinajstić information content (AvgIpc) is 2.85. The molecule has 1 aromatic carbocycles. The molecule has 0 saturated carbocycles. The minimum Gasteiger partial charge on any atom is -0.477 e. The summed E-state index contributed by atoms with van der Waals surface area (Å²) in [5, 5.41) is 9.55. The first-order valence-electron chi connectivity index (χ1n) is 12.5. The molecule has 2 atom stereocenters. The van der Waals surface area contributed by atoms with Crippen molar-refractivity contribution in [1.29, 1.82) is 0 Å². The maximum absolute atomic E-state index is 15.5. The molecular weight excluding hydrogens is 483 g/mol. The van der Waals surface area contributed by atoms with Crippen molar-refractivity contribution >= 4 is 34.5 Å². The number of hydrogen-bond donors (Lipinski definition) is 4. The number of esters is 1. The summed E-state index contributed by atoms with van der Waals surface area (Å²) in [6.07, 6.45) is 4.25. The van der Waals surface area contributed by atoms with Crippen LogP contribution in [0.5, 0.6) is 0 Å². The SMILES string of the molecule is CC1CCc2c(N3CCC(OC(=O)[C@@H](N)CCCN=C(N)N)CC3)c(F)cc3c(=O)c(C(=O)O)cn1c23. The number of aryl methyl sites for hydroxylation is 1. The Balaban J connectivity index is 1.49. The number of pyridine rings is 1. The number of nitrogens with two attached hydrogens (primary N) is 3. The van der Waals surface area contributed by atoms with Gasteiger partial charge in [0.25, 0.3) is 0 Å². The van der Waals surface area contributed by atoms with E-state index in [1.807, 2.05) is 11.8 Å². The van der Waals surface area contributed by atoms with E-state index < -0.39 is 29.2 Å². The van der Waals surface area contributed by atoms with E-state index in [0.29, 0.717) is 74.9 Å². The largest absolute Gasteiger partial charge is 0.477 e. The Morgan fingerprint density at radius 1 is 1.27 bits per heavy atom. The Morgan fingerprint density at radius 3 is 2.62 bits per heavy atom. The quantitative estimate of drug-likeness (QED) is 0.174. The normalized spacial score (nSPS) is 18.5. The van der Waals surface area contributed by atoms with Crippen LogP contribution < -0.4 is 27.5 Å². The molecule has 0 amide bonds. The van der Waals surface area contributed by atoms with Gasteiger partial charge in [-0.1, -0.05) is 0 Å². The van der Waals surface area contributed by atoms with Crippen LogP contribution in [0, 0.1) is 5.82 Å². The monoisotopic (exact) mass is 516 g/mol. The van der Waals surface area contributed by atoms with E-state index in [0.717, 1.165) is 6.07 Å². The zero-order valence-electron chi connectivity index (χ0n) is 20.8. The first kappa shape index (κ1) is 26.4. The molecule has 0 aliphatic carbocycles. The number of carbonyl (C=O) groups excluding carboxylic acids is 1. The fourth-order valence-corrected chi connectivity index (χ4v) is 5.21. The maximum atomic E-state index is 15.5. The number of aromatic carboxylic acids is 1. The van der Waals surface area contributed by atoms with Crippen LogP contribution in [0.2, 0.25) is 0 Å². The molecule has 2 aliphatic rings. The van der Waals surface area contributed by atoms with Gasteiger partial charge in [-0.05, 0) is 38.7 Å². The molecule has 2 aromatic rings.